The SMILES string of the molecule is O=Cc1ccc(OCCCCCBr)c(Cl)c1. The summed E-state index contributed by atoms with van der Waals surface area (Å²) >= 11 is 9.34. The second-order valence-electron chi connectivity index (χ2n) is 3.41. The Hall–Kier alpha value is -0.540. The molecule has 1 rings (SSSR count). The van der Waals surface area contributed by atoms with E-state index in [1.807, 2.05) is 0 Å². The molecule has 2 nitrogen and oxygen atoms in total. The van der Waals surface area contributed by atoms with Crippen LogP contribution in [0.5, 0.6) is 5.75 Å². The molecular weight excluding hydrogens is 291 g/mol. The monoisotopic (exact) mass is 304 g/mol. The zero-order chi connectivity index (χ0) is 11.8. The highest BCUT2D eigenvalue weighted by Gasteiger charge is 2.02. The minimum Gasteiger partial charge on any atom is -0.492 e. The van der Waals surface area contributed by atoms with Gasteiger partial charge in [0, 0.05) is 10.9 Å². The van der Waals surface area contributed by atoms with Gasteiger partial charge in [0.05, 0.1) is 11.6 Å². The van der Waals surface area contributed by atoms with E-state index in [4.69, 9.17) is 16.3 Å². The Morgan fingerprint density at radius 2 is 2.12 bits per heavy atom. The fourth-order valence-corrected chi connectivity index (χ4v) is 1.90. The molecule has 0 heterocycles. The van der Waals surface area contributed by atoms with Crippen LogP contribution in [0, 0.1) is 0 Å². The van der Waals surface area contributed by atoms with Crippen molar-refractivity contribution in [2.45, 2.75) is 19.3 Å². The van der Waals surface area contributed by atoms with Gasteiger partial charge in [-0.25, -0.2) is 0 Å². The molecule has 0 aliphatic rings. The number of hydrogen-bond donors (Lipinski definition) is 0. The molecule has 0 N–H and O–H groups in total. The van der Waals surface area contributed by atoms with E-state index < -0.39 is 0 Å². The van der Waals surface area contributed by atoms with E-state index in [-0.39, 0.29) is 0 Å². The Morgan fingerprint density at radius 1 is 1.31 bits per heavy atom. The number of carbonyl (C=O) groups excluding carboxylic acids is 1. The number of rotatable bonds is 7. The van der Waals surface area contributed by atoms with Gasteiger partial charge >= 0.3 is 0 Å². The van der Waals surface area contributed by atoms with Crippen LogP contribution in [0.15, 0.2) is 18.2 Å². The predicted molar refractivity (Wildman–Crippen MR) is 70.0 cm³/mol. The topological polar surface area (TPSA) is 26.3 Å². The van der Waals surface area contributed by atoms with Crippen LogP contribution >= 0.6 is 27.5 Å². The van der Waals surface area contributed by atoms with Crippen molar-refractivity contribution in [1.82, 2.24) is 0 Å². The fourth-order valence-electron chi connectivity index (χ4n) is 1.26. The lowest BCUT2D eigenvalue weighted by molar-refractivity contribution is 0.112. The lowest BCUT2D eigenvalue weighted by Gasteiger charge is -2.07. The Labute approximate surface area is 109 Å². The number of benzene rings is 1. The summed E-state index contributed by atoms with van der Waals surface area (Å²) < 4.78 is 5.52. The van der Waals surface area contributed by atoms with E-state index in [1.54, 1.807) is 18.2 Å². The van der Waals surface area contributed by atoms with E-state index in [0.29, 0.717) is 22.9 Å². The average Bonchev–Trinajstić information content (AvgIpc) is 2.30. The van der Waals surface area contributed by atoms with E-state index in [0.717, 1.165) is 30.9 Å². The maximum Gasteiger partial charge on any atom is 0.150 e. The summed E-state index contributed by atoms with van der Waals surface area (Å²) in [4.78, 5) is 10.5. The summed E-state index contributed by atoms with van der Waals surface area (Å²) in [6.07, 6.45) is 4.07. The molecule has 4 heteroatoms. The summed E-state index contributed by atoms with van der Waals surface area (Å²) in [6, 6.07) is 5.05. The number of carbonyl (C=O) groups is 1. The predicted octanol–water partition coefficient (Wildman–Crippen LogP) is 4.10. The molecule has 0 aromatic heterocycles. The number of unbranched alkanes of at least 4 members (excludes halogenated alkanes) is 2. The molecule has 0 saturated heterocycles. The first-order chi connectivity index (χ1) is 7.77. The number of ether oxygens (including phenoxy) is 1. The first-order valence-electron chi connectivity index (χ1n) is 5.21. The summed E-state index contributed by atoms with van der Waals surface area (Å²) in [6.45, 7) is 0.660. The van der Waals surface area contributed by atoms with Gasteiger partial charge in [0.15, 0.2) is 0 Å². The van der Waals surface area contributed by atoms with Crippen LogP contribution in [0.3, 0.4) is 0 Å². The van der Waals surface area contributed by atoms with Crippen molar-refractivity contribution in [2.75, 3.05) is 11.9 Å². The van der Waals surface area contributed by atoms with Crippen LogP contribution in [0.4, 0.5) is 0 Å². The quantitative estimate of drug-likeness (QED) is 0.431. The number of halogens is 2. The molecule has 0 bridgehead atoms. The molecule has 0 atom stereocenters. The third-order valence-corrected chi connectivity index (χ3v) is 2.98. The molecule has 0 amide bonds. The van der Waals surface area contributed by atoms with Gasteiger partial charge < -0.3 is 4.74 Å². The van der Waals surface area contributed by atoms with Gasteiger partial charge in [-0.05, 0) is 37.5 Å². The molecular formula is C12H14BrClO2. The fraction of sp³-hybridized carbons (Fsp3) is 0.417. The lowest BCUT2D eigenvalue weighted by atomic mass is 10.2. The Morgan fingerprint density at radius 3 is 2.75 bits per heavy atom. The molecule has 0 fully saturated rings. The molecule has 0 aliphatic carbocycles. The van der Waals surface area contributed by atoms with Gasteiger partial charge in [0.1, 0.15) is 12.0 Å². The third kappa shape index (κ3) is 4.54. The van der Waals surface area contributed by atoms with E-state index in [1.165, 1.54) is 0 Å². The summed E-state index contributed by atoms with van der Waals surface area (Å²) in [5.41, 5.74) is 0.566. The van der Waals surface area contributed by atoms with Crippen molar-refractivity contribution in [2.24, 2.45) is 0 Å². The van der Waals surface area contributed by atoms with Gasteiger partial charge in [0.2, 0.25) is 0 Å². The Bertz CT molecular complexity index is 342. The van der Waals surface area contributed by atoms with E-state index >= 15 is 0 Å². The van der Waals surface area contributed by atoms with E-state index in [2.05, 4.69) is 15.9 Å². The van der Waals surface area contributed by atoms with Gasteiger partial charge in [-0.1, -0.05) is 27.5 Å². The van der Waals surface area contributed by atoms with Crippen molar-refractivity contribution in [1.29, 1.82) is 0 Å². The number of aldehydes is 1. The van der Waals surface area contributed by atoms with E-state index in [9.17, 15) is 4.79 Å². The van der Waals surface area contributed by atoms with Crippen LogP contribution in [0.2, 0.25) is 5.02 Å². The maximum absolute atomic E-state index is 10.5. The molecule has 0 aliphatic heterocycles. The van der Waals surface area contributed by atoms with Crippen LogP contribution in [-0.2, 0) is 0 Å². The summed E-state index contributed by atoms with van der Waals surface area (Å²) in [5.74, 6) is 0.645. The third-order valence-electron chi connectivity index (χ3n) is 2.13. The smallest absolute Gasteiger partial charge is 0.150 e. The molecule has 0 unspecified atom stereocenters. The van der Waals surface area contributed by atoms with Crippen molar-refractivity contribution in [3.8, 4) is 5.75 Å². The van der Waals surface area contributed by atoms with Crippen LogP contribution in [0.25, 0.3) is 0 Å². The molecule has 88 valence electrons. The van der Waals surface area contributed by atoms with Crippen LogP contribution in [0.1, 0.15) is 29.6 Å². The summed E-state index contributed by atoms with van der Waals surface area (Å²) in [5, 5.41) is 1.52. The highest BCUT2D eigenvalue weighted by Crippen LogP contribution is 2.25. The lowest BCUT2D eigenvalue weighted by Crippen LogP contribution is -1.98. The van der Waals surface area contributed by atoms with Gasteiger partial charge in [0.25, 0.3) is 0 Å². The Balaban J connectivity index is 2.39. The Kier molecular flexibility index (Phi) is 6.50. The maximum atomic E-state index is 10.5. The van der Waals surface area contributed by atoms with Crippen molar-refractivity contribution < 1.29 is 9.53 Å². The van der Waals surface area contributed by atoms with Crippen molar-refractivity contribution in [3.63, 3.8) is 0 Å². The minimum atomic E-state index is 0.491. The average molecular weight is 306 g/mol. The van der Waals surface area contributed by atoms with Crippen LogP contribution < -0.4 is 4.74 Å². The summed E-state index contributed by atoms with van der Waals surface area (Å²) in [7, 11) is 0. The number of hydrogen-bond acceptors (Lipinski definition) is 2. The highest BCUT2D eigenvalue weighted by molar-refractivity contribution is 9.09. The molecule has 0 spiro atoms. The first kappa shape index (κ1) is 13.5. The van der Waals surface area contributed by atoms with Crippen molar-refractivity contribution >= 4 is 33.8 Å². The van der Waals surface area contributed by atoms with Crippen LogP contribution in [-0.4, -0.2) is 18.2 Å². The number of alkyl halides is 1. The van der Waals surface area contributed by atoms with Gasteiger partial charge in [-0.3, -0.25) is 4.79 Å². The largest absolute Gasteiger partial charge is 0.492 e. The second kappa shape index (κ2) is 7.69. The molecule has 0 radical (unpaired) electrons. The normalized spacial score (nSPS) is 10.1. The first-order valence-corrected chi connectivity index (χ1v) is 6.71. The molecule has 1 aromatic rings. The van der Waals surface area contributed by atoms with Gasteiger partial charge in [-0.2, -0.15) is 0 Å². The minimum absolute atomic E-state index is 0.491. The zero-order valence-corrected chi connectivity index (χ0v) is 11.3. The van der Waals surface area contributed by atoms with Gasteiger partial charge in [-0.15, -0.1) is 0 Å². The highest BCUT2D eigenvalue weighted by atomic mass is 79.9. The molecule has 1 aromatic carbocycles. The zero-order valence-electron chi connectivity index (χ0n) is 8.92. The standard InChI is InChI=1S/C12H14BrClO2/c13-6-2-1-3-7-16-12-5-4-10(9-15)8-11(12)14/h4-5,8-9H,1-3,6-7H2. The molecule has 0 saturated carbocycles. The molecule has 16 heavy (non-hydrogen) atoms. The van der Waals surface area contributed by atoms with Crippen molar-refractivity contribution in [3.05, 3.63) is 28.8 Å². The second-order valence-corrected chi connectivity index (χ2v) is 4.61.